The molecule has 0 N–H and O–H groups in total. The molecule has 0 aliphatic heterocycles. The number of nitro benzene ring substituents is 2. The largest absolute Gasteiger partial charge is 0.299 e. The van der Waals surface area contributed by atoms with Crippen LogP contribution in [-0.4, -0.2) is 33.3 Å². The van der Waals surface area contributed by atoms with Gasteiger partial charge in [-0.1, -0.05) is 24.3 Å². The monoisotopic (exact) mass is 456 g/mol. The van der Waals surface area contributed by atoms with E-state index >= 15 is 0 Å². The van der Waals surface area contributed by atoms with Crippen molar-refractivity contribution in [1.29, 1.82) is 0 Å². The number of fused-ring (bicyclic) bond motifs is 1. The maximum Gasteiger partial charge on any atom is 0.280 e. The minimum absolute atomic E-state index is 0.0400. The summed E-state index contributed by atoms with van der Waals surface area (Å²) < 4.78 is 0. The van der Waals surface area contributed by atoms with Gasteiger partial charge in [0.25, 0.3) is 11.4 Å². The number of nitrogens with zero attached hydrogens (tertiary/aromatic N) is 4. The van der Waals surface area contributed by atoms with Crippen molar-refractivity contribution in [3.8, 4) is 0 Å². The molecule has 10 nitrogen and oxygen atoms in total. The van der Waals surface area contributed by atoms with Crippen LogP contribution in [0.3, 0.4) is 0 Å². The Hall–Kier alpha value is -4.86. The van der Waals surface area contributed by atoms with Gasteiger partial charge in [-0.3, -0.25) is 39.8 Å². The molecule has 0 fully saturated rings. The molecule has 0 saturated carbocycles. The molecule has 0 radical (unpaired) electrons. The van der Waals surface area contributed by atoms with E-state index < -0.39 is 27.3 Å². The van der Waals surface area contributed by atoms with E-state index in [-0.39, 0.29) is 28.2 Å². The van der Waals surface area contributed by atoms with Gasteiger partial charge >= 0.3 is 0 Å². The Morgan fingerprint density at radius 2 is 1.62 bits per heavy atom. The number of Topliss-reactive ketones (excluding diaryl/α,β-unsaturated/α-hetero) is 2. The predicted octanol–water partition coefficient (Wildman–Crippen LogP) is 4.78. The minimum Gasteiger partial charge on any atom is -0.299 e. The molecule has 1 atom stereocenters. The lowest BCUT2D eigenvalue weighted by Crippen LogP contribution is -2.23. The van der Waals surface area contributed by atoms with Crippen molar-refractivity contribution < 1.29 is 19.4 Å². The Kier molecular flexibility index (Phi) is 5.88. The lowest BCUT2D eigenvalue weighted by molar-refractivity contribution is -0.385. The van der Waals surface area contributed by atoms with Crippen LogP contribution in [-0.2, 0) is 4.79 Å². The second-order valence-electron chi connectivity index (χ2n) is 7.49. The lowest BCUT2D eigenvalue weighted by atomic mass is 9.99. The van der Waals surface area contributed by atoms with E-state index in [9.17, 15) is 29.8 Å². The first-order valence-corrected chi connectivity index (χ1v) is 10.1. The zero-order valence-electron chi connectivity index (χ0n) is 17.7. The first-order valence-electron chi connectivity index (χ1n) is 10.1. The maximum absolute atomic E-state index is 12.8. The Balaban J connectivity index is 1.66. The van der Waals surface area contributed by atoms with Crippen LogP contribution in [0.4, 0.5) is 22.7 Å². The predicted molar refractivity (Wildman–Crippen MR) is 125 cm³/mol. The van der Waals surface area contributed by atoms with Gasteiger partial charge in [0.05, 0.1) is 26.9 Å². The van der Waals surface area contributed by atoms with E-state index in [1.165, 1.54) is 37.4 Å². The van der Waals surface area contributed by atoms with Crippen LogP contribution in [0.2, 0.25) is 0 Å². The van der Waals surface area contributed by atoms with Crippen LogP contribution >= 0.6 is 0 Å². The molecule has 3 aromatic carbocycles. The summed E-state index contributed by atoms with van der Waals surface area (Å²) >= 11 is 0. The number of hydrogen-bond acceptors (Lipinski definition) is 8. The van der Waals surface area contributed by atoms with Crippen molar-refractivity contribution in [2.45, 2.75) is 6.92 Å². The van der Waals surface area contributed by atoms with Crippen molar-refractivity contribution in [1.82, 2.24) is 0 Å². The first-order chi connectivity index (χ1) is 16.3. The van der Waals surface area contributed by atoms with Crippen LogP contribution in [0.15, 0.2) is 76.7 Å². The molecular weight excluding hydrogens is 440 g/mol. The third-order valence-electron chi connectivity index (χ3n) is 5.25. The Morgan fingerprint density at radius 1 is 0.941 bits per heavy atom. The number of carbonyl (C=O) groups is 2. The quantitative estimate of drug-likeness (QED) is 0.226. The summed E-state index contributed by atoms with van der Waals surface area (Å²) in [4.78, 5) is 55.0. The van der Waals surface area contributed by atoms with E-state index in [2.05, 4.69) is 9.98 Å². The van der Waals surface area contributed by atoms with Gasteiger partial charge in [-0.05, 0) is 36.8 Å². The smallest absolute Gasteiger partial charge is 0.280 e. The molecule has 0 unspecified atom stereocenters. The fourth-order valence-electron chi connectivity index (χ4n) is 3.71. The van der Waals surface area contributed by atoms with Crippen LogP contribution in [0.5, 0.6) is 0 Å². The summed E-state index contributed by atoms with van der Waals surface area (Å²) in [6.45, 7) is 1.25. The Morgan fingerprint density at radius 3 is 2.26 bits per heavy atom. The highest BCUT2D eigenvalue weighted by Crippen LogP contribution is 2.36. The van der Waals surface area contributed by atoms with Gasteiger partial charge in [-0.15, -0.1) is 0 Å². The molecule has 168 valence electrons. The van der Waals surface area contributed by atoms with Gasteiger partial charge in [-0.25, -0.2) is 0 Å². The van der Waals surface area contributed by atoms with Crippen LogP contribution in [0.25, 0.3) is 0 Å². The first kappa shape index (κ1) is 22.3. The molecule has 1 aliphatic rings. The van der Waals surface area contributed by atoms with Gasteiger partial charge in [0.1, 0.15) is 17.3 Å². The topological polar surface area (TPSA) is 145 Å². The van der Waals surface area contributed by atoms with Crippen molar-refractivity contribution >= 4 is 46.2 Å². The number of non-ortho nitro benzene ring substituents is 1. The second kappa shape index (κ2) is 8.94. The highest BCUT2D eigenvalue weighted by molar-refractivity contribution is 6.38. The summed E-state index contributed by atoms with van der Waals surface area (Å²) in [5, 5.41) is 22.3. The van der Waals surface area contributed by atoms with Crippen LogP contribution < -0.4 is 0 Å². The molecule has 4 rings (SSSR count). The van der Waals surface area contributed by atoms with Crippen LogP contribution in [0, 0.1) is 26.1 Å². The van der Waals surface area contributed by atoms with Crippen LogP contribution in [0.1, 0.15) is 28.4 Å². The summed E-state index contributed by atoms with van der Waals surface area (Å²) in [6, 6.07) is 16.8. The number of carbonyl (C=O) groups excluding carboxylic acids is 2. The molecule has 0 amide bonds. The minimum atomic E-state index is -1.21. The molecule has 3 aromatic rings. The summed E-state index contributed by atoms with van der Waals surface area (Å²) in [7, 11) is 0. The number of rotatable bonds is 6. The molecule has 0 spiro atoms. The zero-order valence-corrected chi connectivity index (χ0v) is 17.7. The molecule has 0 aromatic heterocycles. The molecule has 0 saturated heterocycles. The zero-order chi connectivity index (χ0) is 24.4. The lowest BCUT2D eigenvalue weighted by Gasteiger charge is -2.06. The number of ketones is 2. The number of benzene rings is 3. The number of aliphatic imine (C=N–C) groups is 2. The number of nitro groups is 2. The van der Waals surface area contributed by atoms with E-state index in [0.29, 0.717) is 16.9 Å². The summed E-state index contributed by atoms with van der Waals surface area (Å²) in [6.07, 6.45) is 1.49. The third-order valence-corrected chi connectivity index (χ3v) is 5.25. The van der Waals surface area contributed by atoms with E-state index in [4.69, 9.17) is 0 Å². The highest BCUT2D eigenvalue weighted by Gasteiger charge is 2.43. The Bertz CT molecular complexity index is 1410. The molecule has 0 heterocycles. The van der Waals surface area contributed by atoms with Gasteiger partial charge in [-0.2, -0.15) is 0 Å². The highest BCUT2D eigenvalue weighted by atomic mass is 16.6. The van der Waals surface area contributed by atoms with Crippen molar-refractivity contribution in [3.05, 3.63) is 104 Å². The summed E-state index contributed by atoms with van der Waals surface area (Å²) in [5.41, 5.74) is 1.48. The SMILES string of the molecule is CC(=O)[C@@H]1C(=O)c2c(cccc2[N+](=O)[O-])C1=Nc1ccc(N=Cc2cccc([N+](=O)[O-])c2)cc1. The van der Waals surface area contributed by atoms with E-state index in [0.717, 1.165) is 0 Å². The number of hydrogen-bond donors (Lipinski definition) is 0. The van der Waals surface area contributed by atoms with Gasteiger partial charge in [0, 0.05) is 30.0 Å². The van der Waals surface area contributed by atoms with E-state index in [1.54, 1.807) is 42.5 Å². The van der Waals surface area contributed by atoms with Gasteiger partial charge < -0.3 is 0 Å². The normalized spacial score (nSPS) is 16.1. The molecule has 1 aliphatic carbocycles. The van der Waals surface area contributed by atoms with Gasteiger partial charge in [0.15, 0.2) is 5.78 Å². The molecular formula is C24H16N4O6. The summed E-state index contributed by atoms with van der Waals surface area (Å²) in [5.74, 6) is -2.29. The molecule has 34 heavy (non-hydrogen) atoms. The molecule has 10 heteroatoms. The average Bonchev–Trinajstić information content (AvgIpc) is 3.10. The second-order valence-corrected chi connectivity index (χ2v) is 7.49. The third kappa shape index (κ3) is 4.24. The van der Waals surface area contributed by atoms with Crippen molar-refractivity contribution in [3.63, 3.8) is 0 Å². The average molecular weight is 456 g/mol. The van der Waals surface area contributed by atoms with Gasteiger partial charge in [0.2, 0.25) is 0 Å². The Labute approximate surface area is 192 Å². The van der Waals surface area contributed by atoms with E-state index in [1.807, 2.05) is 0 Å². The standard InChI is InChI=1S/C24H16N4O6/c1-14(29)21-23(19-6-3-7-20(28(33)34)22(19)24(21)30)26-17-10-8-16(9-11-17)25-13-15-4-2-5-18(12-15)27(31)32/h2-13,21H,1H3/t21-/m0/s1. The van der Waals surface area contributed by atoms with Crippen molar-refractivity contribution in [2.75, 3.05) is 0 Å². The molecule has 0 bridgehead atoms. The fourth-order valence-corrected chi connectivity index (χ4v) is 3.71. The fraction of sp³-hybridized carbons (Fsp3) is 0.0833. The maximum atomic E-state index is 12.8. The van der Waals surface area contributed by atoms with Crippen molar-refractivity contribution in [2.24, 2.45) is 15.9 Å².